The van der Waals surface area contributed by atoms with Crippen molar-refractivity contribution in [3.8, 4) is 0 Å². The van der Waals surface area contributed by atoms with Crippen LogP contribution in [0.25, 0.3) is 0 Å². The average Bonchev–Trinajstić information content (AvgIpc) is 2.42. The summed E-state index contributed by atoms with van der Waals surface area (Å²) < 4.78 is 5.26. The predicted molar refractivity (Wildman–Crippen MR) is 74.3 cm³/mol. The number of nitrogens with one attached hydrogen (secondary N) is 1. The van der Waals surface area contributed by atoms with Gasteiger partial charge >= 0.3 is 5.97 Å². The molecule has 0 aromatic rings. The molecule has 2 fully saturated rings. The van der Waals surface area contributed by atoms with E-state index >= 15 is 0 Å². The molecule has 0 bridgehead atoms. The monoisotopic (exact) mass is 283 g/mol. The molecule has 20 heavy (non-hydrogen) atoms. The zero-order valence-electron chi connectivity index (χ0n) is 12.0. The van der Waals surface area contributed by atoms with Crippen molar-refractivity contribution in [3.05, 3.63) is 0 Å². The SMILES string of the molecule is O=C(NC1CCCCCCC1C(=O)O)C1CCOCC1. The van der Waals surface area contributed by atoms with Gasteiger partial charge < -0.3 is 15.2 Å². The van der Waals surface area contributed by atoms with Gasteiger partial charge in [0.15, 0.2) is 0 Å². The Morgan fingerprint density at radius 3 is 2.25 bits per heavy atom. The number of carboxylic acid groups (broad SMARTS) is 1. The van der Waals surface area contributed by atoms with Gasteiger partial charge in [-0.05, 0) is 25.7 Å². The van der Waals surface area contributed by atoms with Crippen LogP contribution >= 0.6 is 0 Å². The fraction of sp³-hybridized carbons (Fsp3) is 0.867. The van der Waals surface area contributed by atoms with Crippen LogP contribution in [-0.2, 0) is 14.3 Å². The molecule has 2 rings (SSSR count). The van der Waals surface area contributed by atoms with E-state index in [0.717, 1.165) is 44.9 Å². The molecule has 2 N–H and O–H groups in total. The number of hydrogen-bond acceptors (Lipinski definition) is 3. The van der Waals surface area contributed by atoms with Gasteiger partial charge in [0.1, 0.15) is 0 Å². The van der Waals surface area contributed by atoms with Crippen LogP contribution in [0.5, 0.6) is 0 Å². The molecule has 1 aliphatic carbocycles. The smallest absolute Gasteiger partial charge is 0.308 e. The van der Waals surface area contributed by atoms with Gasteiger partial charge in [-0.3, -0.25) is 9.59 Å². The van der Waals surface area contributed by atoms with Crippen LogP contribution in [0, 0.1) is 11.8 Å². The van der Waals surface area contributed by atoms with Crippen LogP contribution in [0.15, 0.2) is 0 Å². The third-order valence-corrected chi connectivity index (χ3v) is 4.50. The fourth-order valence-corrected chi connectivity index (χ4v) is 3.21. The van der Waals surface area contributed by atoms with E-state index in [2.05, 4.69) is 5.32 Å². The minimum Gasteiger partial charge on any atom is -0.481 e. The Hall–Kier alpha value is -1.10. The molecular formula is C15H25NO4. The summed E-state index contributed by atoms with van der Waals surface area (Å²) in [5.41, 5.74) is 0. The number of rotatable bonds is 3. The summed E-state index contributed by atoms with van der Waals surface area (Å²) in [6.45, 7) is 1.26. The highest BCUT2D eigenvalue weighted by Crippen LogP contribution is 2.24. The topological polar surface area (TPSA) is 75.6 Å². The summed E-state index contributed by atoms with van der Waals surface area (Å²) in [5.74, 6) is -1.20. The molecule has 5 heteroatoms. The fourth-order valence-electron chi connectivity index (χ4n) is 3.21. The molecule has 114 valence electrons. The summed E-state index contributed by atoms with van der Waals surface area (Å²) in [6, 6.07) is -0.205. The molecule has 0 radical (unpaired) electrons. The van der Waals surface area contributed by atoms with Crippen molar-refractivity contribution in [2.75, 3.05) is 13.2 Å². The minimum absolute atomic E-state index is 0.0105. The van der Waals surface area contributed by atoms with Crippen molar-refractivity contribution in [3.63, 3.8) is 0 Å². The molecule has 1 amide bonds. The second kappa shape index (κ2) is 7.62. The number of aliphatic carboxylic acids is 1. The van der Waals surface area contributed by atoms with Gasteiger partial charge in [-0.2, -0.15) is 0 Å². The van der Waals surface area contributed by atoms with Gasteiger partial charge in [0.05, 0.1) is 5.92 Å². The Kier molecular flexibility index (Phi) is 5.83. The Morgan fingerprint density at radius 2 is 1.60 bits per heavy atom. The Balaban J connectivity index is 1.94. The van der Waals surface area contributed by atoms with Crippen molar-refractivity contribution >= 4 is 11.9 Å². The maximum atomic E-state index is 12.3. The normalized spacial score (nSPS) is 29.2. The van der Waals surface area contributed by atoms with E-state index in [-0.39, 0.29) is 17.9 Å². The molecule has 2 aliphatic rings. The highest BCUT2D eigenvalue weighted by molar-refractivity contribution is 5.80. The molecule has 1 saturated carbocycles. The van der Waals surface area contributed by atoms with Crippen molar-refractivity contribution in [2.45, 2.75) is 57.4 Å². The third-order valence-electron chi connectivity index (χ3n) is 4.50. The molecule has 0 spiro atoms. The van der Waals surface area contributed by atoms with Crippen molar-refractivity contribution in [1.82, 2.24) is 5.32 Å². The maximum absolute atomic E-state index is 12.3. The van der Waals surface area contributed by atoms with E-state index in [0.29, 0.717) is 19.6 Å². The van der Waals surface area contributed by atoms with Crippen LogP contribution in [0.4, 0.5) is 0 Å². The lowest BCUT2D eigenvalue weighted by Gasteiger charge is -2.30. The molecule has 2 atom stereocenters. The average molecular weight is 283 g/mol. The highest BCUT2D eigenvalue weighted by atomic mass is 16.5. The first-order chi connectivity index (χ1) is 9.68. The predicted octanol–water partition coefficient (Wildman–Crippen LogP) is 1.95. The molecule has 1 heterocycles. The van der Waals surface area contributed by atoms with Crippen LogP contribution in [0.2, 0.25) is 0 Å². The zero-order chi connectivity index (χ0) is 14.4. The van der Waals surface area contributed by atoms with Crippen LogP contribution in [0.1, 0.15) is 51.4 Å². The van der Waals surface area contributed by atoms with Crippen LogP contribution in [-0.4, -0.2) is 36.2 Å². The maximum Gasteiger partial charge on any atom is 0.308 e. The first-order valence-corrected chi connectivity index (χ1v) is 7.79. The molecule has 1 saturated heterocycles. The Morgan fingerprint density at radius 1 is 0.950 bits per heavy atom. The molecule has 2 unspecified atom stereocenters. The van der Waals surface area contributed by atoms with Gasteiger partial charge in [0.2, 0.25) is 5.91 Å². The lowest BCUT2D eigenvalue weighted by Crippen LogP contribution is -2.46. The number of carbonyl (C=O) groups is 2. The van der Waals surface area contributed by atoms with E-state index in [1.165, 1.54) is 0 Å². The Bertz CT molecular complexity index is 339. The van der Waals surface area contributed by atoms with Crippen molar-refractivity contribution in [2.24, 2.45) is 11.8 Å². The van der Waals surface area contributed by atoms with E-state index in [9.17, 15) is 14.7 Å². The number of amides is 1. The van der Waals surface area contributed by atoms with E-state index in [1.54, 1.807) is 0 Å². The van der Waals surface area contributed by atoms with Crippen LogP contribution in [0.3, 0.4) is 0 Å². The number of hydrogen-bond donors (Lipinski definition) is 2. The lowest BCUT2D eigenvalue weighted by molar-refractivity contribution is -0.144. The minimum atomic E-state index is -0.774. The first-order valence-electron chi connectivity index (χ1n) is 7.79. The molecule has 0 aromatic heterocycles. The van der Waals surface area contributed by atoms with Gasteiger partial charge in [0.25, 0.3) is 0 Å². The van der Waals surface area contributed by atoms with E-state index in [1.807, 2.05) is 0 Å². The quantitative estimate of drug-likeness (QED) is 0.830. The van der Waals surface area contributed by atoms with Gasteiger partial charge in [-0.1, -0.05) is 25.7 Å². The lowest BCUT2D eigenvalue weighted by atomic mass is 9.86. The first kappa shape index (κ1) is 15.3. The third kappa shape index (κ3) is 4.20. The number of carbonyl (C=O) groups excluding carboxylic acids is 1. The van der Waals surface area contributed by atoms with Gasteiger partial charge in [-0.25, -0.2) is 0 Å². The molecule has 1 aliphatic heterocycles. The molecular weight excluding hydrogens is 258 g/mol. The standard InChI is InChI=1S/C15H25NO4/c17-14(11-7-9-20-10-8-11)16-13-6-4-2-1-3-5-12(13)15(18)19/h11-13H,1-10H2,(H,16,17)(H,18,19). The zero-order valence-corrected chi connectivity index (χ0v) is 12.0. The van der Waals surface area contributed by atoms with Crippen LogP contribution < -0.4 is 5.32 Å². The van der Waals surface area contributed by atoms with E-state index < -0.39 is 11.9 Å². The largest absolute Gasteiger partial charge is 0.481 e. The molecule has 5 nitrogen and oxygen atoms in total. The summed E-state index contributed by atoms with van der Waals surface area (Å²) >= 11 is 0. The van der Waals surface area contributed by atoms with E-state index in [4.69, 9.17) is 4.74 Å². The molecule has 0 aromatic carbocycles. The van der Waals surface area contributed by atoms with Crippen molar-refractivity contribution in [1.29, 1.82) is 0 Å². The summed E-state index contributed by atoms with van der Waals surface area (Å²) in [5, 5.41) is 12.4. The van der Waals surface area contributed by atoms with Gasteiger partial charge in [0, 0.05) is 25.2 Å². The summed E-state index contributed by atoms with van der Waals surface area (Å²) in [7, 11) is 0. The number of ether oxygens (including phenoxy) is 1. The number of carboxylic acids is 1. The highest BCUT2D eigenvalue weighted by Gasteiger charge is 2.32. The van der Waals surface area contributed by atoms with Gasteiger partial charge in [-0.15, -0.1) is 0 Å². The second-order valence-electron chi connectivity index (χ2n) is 5.94. The summed E-state index contributed by atoms with van der Waals surface area (Å²) in [6.07, 6.45) is 7.13. The Labute approximate surface area is 120 Å². The second-order valence-corrected chi connectivity index (χ2v) is 5.94. The van der Waals surface area contributed by atoms with Crippen molar-refractivity contribution < 1.29 is 19.4 Å². The summed E-state index contributed by atoms with van der Waals surface area (Å²) in [4.78, 5) is 23.7.